The van der Waals surface area contributed by atoms with Crippen molar-refractivity contribution >= 4 is 17.8 Å². The molecule has 1 rings (SSSR count). The van der Waals surface area contributed by atoms with Crippen molar-refractivity contribution in [2.45, 2.75) is 110 Å². The van der Waals surface area contributed by atoms with Crippen molar-refractivity contribution in [3.63, 3.8) is 0 Å². The van der Waals surface area contributed by atoms with Gasteiger partial charge in [0.25, 0.3) is 0 Å². The number of nitrogens with zero attached hydrogens (tertiary/aromatic N) is 1. The van der Waals surface area contributed by atoms with E-state index in [1.165, 1.54) is 51.0 Å². The Hall–Kier alpha value is -2.38. The zero-order valence-corrected chi connectivity index (χ0v) is 20.0. The van der Waals surface area contributed by atoms with Crippen molar-refractivity contribution in [2.75, 3.05) is 0 Å². The Labute approximate surface area is 192 Å². The monoisotopic (exact) mass is 450 g/mol. The fraction of sp³-hybridized carbons (Fsp3) is 0.750. The summed E-state index contributed by atoms with van der Waals surface area (Å²) >= 11 is 0. The van der Waals surface area contributed by atoms with Crippen LogP contribution < -0.4 is 10.6 Å². The van der Waals surface area contributed by atoms with Gasteiger partial charge in [0.05, 0.1) is 6.33 Å². The van der Waals surface area contributed by atoms with Gasteiger partial charge in [-0.1, -0.05) is 78.6 Å². The van der Waals surface area contributed by atoms with Gasteiger partial charge in [0, 0.05) is 24.7 Å². The average molecular weight is 451 g/mol. The van der Waals surface area contributed by atoms with Crippen LogP contribution in [0.15, 0.2) is 12.5 Å². The number of hydrogen-bond acceptors (Lipinski definition) is 4. The topological polar surface area (TPSA) is 124 Å². The molecule has 1 aromatic rings. The molecule has 4 N–H and O–H groups in total. The quantitative estimate of drug-likeness (QED) is 0.252. The number of hydrogen-bond donors (Lipinski definition) is 4. The molecular weight excluding hydrogens is 408 g/mol. The second-order valence-electron chi connectivity index (χ2n) is 8.69. The van der Waals surface area contributed by atoms with Crippen LogP contribution in [-0.2, 0) is 20.8 Å². The van der Waals surface area contributed by atoms with E-state index in [4.69, 9.17) is 0 Å². The lowest BCUT2D eigenvalue weighted by Crippen LogP contribution is -2.54. The lowest BCUT2D eigenvalue weighted by Gasteiger charge is -2.25. The van der Waals surface area contributed by atoms with E-state index in [0.29, 0.717) is 18.5 Å². The number of carboxylic acids is 1. The third-order valence-electron chi connectivity index (χ3n) is 5.91. The highest BCUT2D eigenvalue weighted by atomic mass is 16.4. The fourth-order valence-electron chi connectivity index (χ4n) is 3.62. The summed E-state index contributed by atoms with van der Waals surface area (Å²) in [4.78, 5) is 43.6. The minimum atomic E-state index is -1.13. The Balaban J connectivity index is 2.45. The second-order valence-corrected chi connectivity index (χ2v) is 8.69. The molecule has 1 heterocycles. The van der Waals surface area contributed by atoms with Gasteiger partial charge < -0.3 is 20.7 Å². The van der Waals surface area contributed by atoms with Crippen molar-refractivity contribution in [1.29, 1.82) is 0 Å². The minimum Gasteiger partial charge on any atom is -0.480 e. The fourth-order valence-corrected chi connectivity index (χ4v) is 3.62. The van der Waals surface area contributed by atoms with Gasteiger partial charge >= 0.3 is 5.97 Å². The number of nitrogens with one attached hydrogen (secondary N) is 3. The number of rotatable bonds is 18. The van der Waals surface area contributed by atoms with Crippen LogP contribution in [0.4, 0.5) is 0 Å². The Morgan fingerprint density at radius 2 is 1.62 bits per heavy atom. The zero-order valence-electron chi connectivity index (χ0n) is 20.0. The van der Waals surface area contributed by atoms with Crippen LogP contribution in [0.2, 0.25) is 0 Å². The van der Waals surface area contributed by atoms with Crippen molar-refractivity contribution in [3.05, 3.63) is 18.2 Å². The SMILES string of the molecule is CCCCCCCCCCCC(=O)N[C@H](C(=O)N[C@@H](Cc1cnc[nH]1)C(=O)O)[C@@H](C)CC. The summed E-state index contributed by atoms with van der Waals surface area (Å²) < 4.78 is 0. The van der Waals surface area contributed by atoms with Gasteiger partial charge in [-0.3, -0.25) is 9.59 Å². The van der Waals surface area contributed by atoms with Crippen molar-refractivity contribution < 1.29 is 19.5 Å². The van der Waals surface area contributed by atoms with Crippen LogP contribution in [0.5, 0.6) is 0 Å². The summed E-state index contributed by atoms with van der Waals surface area (Å²) in [6, 6.07) is -1.85. The lowest BCUT2D eigenvalue weighted by atomic mass is 9.97. The number of aliphatic carboxylic acids is 1. The Morgan fingerprint density at radius 3 is 2.16 bits per heavy atom. The normalized spacial score (nSPS) is 13.8. The molecule has 2 amide bonds. The highest BCUT2D eigenvalue weighted by molar-refractivity contribution is 5.90. The molecule has 0 radical (unpaired) electrons. The zero-order chi connectivity index (χ0) is 23.8. The number of carbonyl (C=O) groups is 3. The Bertz CT molecular complexity index is 663. The third-order valence-corrected chi connectivity index (χ3v) is 5.91. The number of aromatic nitrogens is 2. The first-order valence-electron chi connectivity index (χ1n) is 12.2. The summed E-state index contributed by atoms with van der Waals surface area (Å²) in [6.07, 6.45) is 14.7. The molecule has 1 aromatic heterocycles. The Morgan fingerprint density at radius 1 is 1.00 bits per heavy atom. The molecule has 8 nitrogen and oxygen atoms in total. The molecule has 0 aliphatic carbocycles. The van der Waals surface area contributed by atoms with Gasteiger partial charge in [-0.2, -0.15) is 0 Å². The standard InChI is InChI=1S/C24H42N4O4/c1-4-6-7-8-9-10-11-12-13-14-21(29)28-22(18(3)5-2)23(30)27-20(24(31)32)15-19-16-25-17-26-19/h16-18,20,22H,4-15H2,1-3H3,(H,25,26)(H,27,30)(H,28,29)(H,31,32)/t18-,20-,22-/m0/s1. The van der Waals surface area contributed by atoms with E-state index in [1.807, 2.05) is 13.8 Å². The van der Waals surface area contributed by atoms with Crippen LogP contribution >= 0.6 is 0 Å². The van der Waals surface area contributed by atoms with E-state index < -0.39 is 24.0 Å². The highest BCUT2D eigenvalue weighted by Gasteiger charge is 2.30. The summed E-state index contributed by atoms with van der Waals surface area (Å²) in [5, 5.41) is 14.9. The number of imidazole rings is 1. The van der Waals surface area contributed by atoms with E-state index in [9.17, 15) is 19.5 Å². The van der Waals surface area contributed by atoms with Crippen molar-refractivity contribution in [3.8, 4) is 0 Å². The second kappa shape index (κ2) is 16.3. The van der Waals surface area contributed by atoms with Crippen LogP contribution in [0, 0.1) is 5.92 Å². The van der Waals surface area contributed by atoms with Gasteiger partial charge in [-0.05, 0) is 12.3 Å². The Kier molecular flexibility index (Phi) is 14.1. The predicted molar refractivity (Wildman–Crippen MR) is 125 cm³/mol. The molecule has 0 spiro atoms. The maximum Gasteiger partial charge on any atom is 0.326 e. The van der Waals surface area contributed by atoms with E-state index in [0.717, 1.165) is 19.3 Å². The van der Waals surface area contributed by atoms with Gasteiger partial charge in [0.1, 0.15) is 12.1 Å². The summed E-state index contributed by atoms with van der Waals surface area (Å²) in [6.45, 7) is 6.04. The van der Waals surface area contributed by atoms with Crippen LogP contribution in [-0.4, -0.2) is 44.9 Å². The van der Waals surface area contributed by atoms with E-state index in [-0.39, 0.29) is 18.2 Å². The van der Waals surface area contributed by atoms with Gasteiger partial charge in [0.15, 0.2) is 0 Å². The molecule has 0 saturated carbocycles. The van der Waals surface area contributed by atoms with Crippen molar-refractivity contribution in [2.24, 2.45) is 5.92 Å². The van der Waals surface area contributed by atoms with E-state index in [2.05, 4.69) is 27.5 Å². The number of aromatic amines is 1. The van der Waals surface area contributed by atoms with E-state index >= 15 is 0 Å². The van der Waals surface area contributed by atoms with Crippen LogP contribution in [0.3, 0.4) is 0 Å². The maximum atomic E-state index is 12.8. The van der Waals surface area contributed by atoms with Crippen LogP contribution in [0.25, 0.3) is 0 Å². The first-order valence-corrected chi connectivity index (χ1v) is 12.2. The van der Waals surface area contributed by atoms with Crippen LogP contribution in [0.1, 0.15) is 97.1 Å². The molecule has 182 valence electrons. The molecule has 0 aliphatic heterocycles. The summed E-state index contributed by atoms with van der Waals surface area (Å²) in [5.41, 5.74) is 0.618. The third kappa shape index (κ3) is 11.3. The molecule has 0 bridgehead atoms. The smallest absolute Gasteiger partial charge is 0.326 e. The first-order chi connectivity index (χ1) is 15.4. The maximum absolute atomic E-state index is 12.8. The molecule has 0 aromatic carbocycles. The van der Waals surface area contributed by atoms with E-state index in [1.54, 1.807) is 0 Å². The number of unbranched alkanes of at least 4 members (excludes halogenated alkanes) is 8. The van der Waals surface area contributed by atoms with Gasteiger partial charge in [-0.25, -0.2) is 9.78 Å². The highest BCUT2D eigenvalue weighted by Crippen LogP contribution is 2.12. The molecule has 32 heavy (non-hydrogen) atoms. The summed E-state index contributed by atoms with van der Waals surface area (Å²) in [7, 11) is 0. The van der Waals surface area contributed by atoms with Gasteiger partial charge in [-0.15, -0.1) is 0 Å². The van der Waals surface area contributed by atoms with Crippen molar-refractivity contribution in [1.82, 2.24) is 20.6 Å². The number of H-pyrrole nitrogens is 1. The number of amides is 2. The largest absolute Gasteiger partial charge is 0.480 e. The molecule has 0 unspecified atom stereocenters. The molecule has 3 atom stereocenters. The number of carbonyl (C=O) groups excluding carboxylic acids is 2. The molecule has 0 aliphatic rings. The first kappa shape index (κ1) is 27.7. The predicted octanol–water partition coefficient (Wildman–Crippen LogP) is 3.97. The lowest BCUT2D eigenvalue weighted by molar-refractivity contribution is -0.142. The molecule has 0 fully saturated rings. The molecule has 0 saturated heterocycles. The number of carboxylic acid groups (broad SMARTS) is 1. The van der Waals surface area contributed by atoms with Gasteiger partial charge in [0.2, 0.25) is 11.8 Å². The summed E-state index contributed by atoms with van der Waals surface area (Å²) in [5.74, 6) is -1.86. The average Bonchev–Trinajstić information content (AvgIpc) is 3.28. The molecule has 8 heteroatoms. The minimum absolute atomic E-state index is 0.0979. The molecular formula is C24H42N4O4.